The highest BCUT2D eigenvalue weighted by Crippen LogP contribution is 2.47. The second-order valence-corrected chi connectivity index (χ2v) is 3.46. The summed E-state index contributed by atoms with van der Waals surface area (Å²) < 4.78 is 0. The minimum Gasteiger partial charge on any atom is -0.299 e. The normalized spacial score (nSPS) is 41.0. The fourth-order valence-corrected chi connectivity index (χ4v) is 2.39. The van der Waals surface area contributed by atoms with Crippen molar-refractivity contribution < 1.29 is 4.79 Å². The van der Waals surface area contributed by atoms with Gasteiger partial charge in [-0.3, -0.25) is 4.79 Å². The lowest BCUT2D eigenvalue weighted by atomic mass is 9.95. The smallest absolute Gasteiger partial charge is 0.142 e. The molecule has 0 radical (unpaired) electrons. The Morgan fingerprint density at radius 2 is 2.30 bits per heavy atom. The quantitative estimate of drug-likeness (QED) is 0.397. The van der Waals surface area contributed by atoms with E-state index >= 15 is 0 Å². The zero-order chi connectivity index (χ0) is 6.97. The molecule has 2 atom stereocenters. The molecule has 0 aromatic carbocycles. The van der Waals surface area contributed by atoms with Crippen LogP contribution in [-0.2, 0) is 4.79 Å². The third-order valence-corrected chi connectivity index (χ3v) is 2.87. The summed E-state index contributed by atoms with van der Waals surface area (Å²) >= 11 is 0. The lowest BCUT2D eigenvalue weighted by molar-refractivity contribution is -0.104. The lowest BCUT2D eigenvalue weighted by Gasteiger charge is -2.10. The van der Waals surface area contributed by atoms with Crippen LogP contribution in [0.3, 0.4) is 0 Å². The summed E-state index contributed by atoms with van der Waals surface area (Å²) in [4.78, 5) is 10.2. The first-order valence-electron chi connectivity index (χ1n) is 4.04. The predicted octanol–water partition coefficient (Wildman–Crippen LogP) is 1.93. The molecule has 0 spiro atoms. The van der Waals surface area contributed by atoms with E-state index in [0.717, 1.165) is 18.1 Å². The van der Waals surface area contributed by atoms with Crippen LogP contribution >= 0.6 is 0 Å². The number of rotatable bonds is 1. The van der Waals surface area contributed by atoms with Gasteiger partial charge in [0.2, 0.25) is 0 Å². The Bertz CT molecular complexity index is 181. The summed E-state index contributed by atoms with van der Waals surface area (Å²) in [6.45, 7) is 0. The zero-order valence-corrected chi connectivity index (χ0v) is 6.05. The van der Waals surface area contributed by atoms with Crippen LogP contribution in [0.25, 0.3) is 0 Å². The van der Waals surface area contributed by atoms with Gasteiger partial charge in [0.15, 0.2) is 0 Å². The van der Waals surface area contributed by atoms with Gasteiger partial charge in [0.1, 0.15) is 6.29 Å². The van der Waals surface area contributed by atoms with E-state index in [4.69, 9.17) is 0 Å². The molecule has 2 fully saturated rings. The van der Waals surface area contributed by atoms with Crippen LogP contribution in [0.2, 0.25) is 0 Å². The van der Waals surface area contributed by atoms with Gasteiger partial charge in [0.05, 0.1) is 0 Å². The highest BCUT2D eigenvalue weighted by molar-refractivity contribution is 5.66. The van der Waals surface area contributed by atoms with Gasteiger partial charge in [0.25, 0.3) is 0 Å². The van der Waals surface area contributed by atoms with Crippen molar-refractivity contribution in [3.05, 3.63) is 11.6 Å². The summed E-state index contributed by atoms with van der Waals surface area (Å²) in [6, 6.07) is 0. The Balaban J connectivity index is 2.15. The van der Waals surface area contributed by atoms with Gasteiger partial charge >= 0.3 is 0 Å². The number of aldehydes is 1. The zero-order valence-electron chi connectivity index (χ0n) is 6.05. The van der Waals surface area contributed by atoms with E-state index in [1.807, 2.05) is 0 Å². The molecule has 0 heterocycles. The molecular weight excluding hydrogens is 124 g/mol. The van der Waals surface area contributed by atoms with Crippen LogP contribution in [-0.4, -0.2) is 6.29 Å². The third kappa shape index (κ3) is 0.808. The largest absolute Gasteiger partial charge is 0.299 e. The molecule has 0 aromatic heterocycles. The molecule has 0 saturated heterocycles. The Labute approximate surface area is 61.1 Å². The van der Waals surface area contributed by atoms with E-state index in [1.165, 1.54) is 31.3 Å². The van der Waals surface area contributed by atoms with Crippen LogP contribution in [0.15, 0.2) is 11.6 Å². The van der Waals surface area contributed by atoms with E-state index in [2.05, 4.69) is 0 Å². The van der Waals surface area contributed by atoms with Crippen molar-refractivity contribution in [2.45, 2.75) is 25.7 Å². The van der Waals surface area contributed by atoms with Gasteiger partial charge in [-0.2, -0.15) is 0 Å². The molecule has 0 amide bonds. The number of carbonyl (C=O) groups is 1. The minimum atomic E-state index is 0.787. The van der Waals surface area contributed by atoms with E-state index in [9.17, 15) is 4.79 Å². The topological polar surface area (TPSA) is 17.1 Å². The van der Waals surface area contributed by atoms with Crippen molar-refractivity contribution in [3.8, 4) is 0 Å². The highest BCUT2D eigenvalue weighted by Gasteiger charge is 2.34. The molecule has 0 N–H and O–H groups in total. The molecule has 2 rings (SSSR count). The Kier molecular flexibility index (Phi) is 1.37. The predicted molar refractivity (Wildman–Crippen MR) is 39.6 cm³/mol. The summed E-state index contributed by atoms with van der Waals surface area (Å²) in [5.74, 6) is 1.71. The molecule has 54 valence electrons. The summed E-state index contributed by atoms with van der Waals surface area (Å²) in [5, 5.41) is 0. The van der Waals surface area contributed by atoms with E-state index in [0.29, 0.717) is 0 Å². The number of fused-ring (bicyclic) bond motifs is 2. The first-order chi connectivity index (χ1) is 4.90. The fourth-order valence-electron chi connectivity index (χ4n) is 2.39. The molecule has 2 unspecified atom stereocenters. The molecule has 0 aromatic rings. The van der Waals surface area contributed by atoms with Crippen molar-refractivity contribution in [1.82, 2.24) is 0 Å². The average molecular weight is 136 g/mol. The van der Waals surface area contributed by atoms with E-state index in [1.54, 1.807) is 6.08 Å². The molecule has 2 bridgehead atoms. The van der Waals surface area contributed by atoms with Gasteiger partial charge < -0.3 is 0 Å². The Morgan fingerprint density at radius 3 is 2.80 bits per heavy atom. The van der Waals surface area contributed by atoms with Crippen molar-refractivity contribution in [1.29, 1.82) is 0 Å². The van der Waals surface area contributed by atoms with Crippen molar-refractivity contribution in [2.75, 3.05) is 0 Å². The van der Waals surface area contributed by atoms with Gasteiger partial charge in [-0.25, -0.2) is 0 Å². The van der Waals surface area contributed by atoms with Crippen LogP contribution in [0.4, 0.5) is 0 Å². The third-order valence-electron chi connectivity index (χ3n) is 2.87. The second-order valence-electron chi connectivity index (χ2n) is 3.46. The van der Waals surface area contributed by atoms with Crippen molar-refractivity contribution >= 4 is 6.29 Å². The Morgan fingerprint density at radius 1 is 1.40 bits per heavy atom. The van der Waals surface area contributed by atoms with E-state index < -0.39 is 0 Å². The molecule has 10 heavy (non-hydrogen) atoms. The molecule has 2 aliphatic rings. The maximum atomic E-state index is 10.2. The highest BCUT2D eigenvalue weighted by atomic mass is 16.1. The van der Waals surface area contributed by atoms with E-state index in [-0.39, 0.29) is 0 Å². The van der Waals surface area contributed by atoms with Gasteiger partial charge in [-0.15, -0.1) is 0 Å². The number of hydrogen-bond donors (Lipinski definition) is 0. The lowest BCUT2D eigenvalue weighted by Crippen LogP contribution is -1.97. The number of hydrogen-bond acceptors (Lipinski definition) is 1. The maximum Gasteiger partial charge on any atom is 0.142 e. The number of carbonyl (C=O) groups excluding carboxylic acids is 1. The molecule has 1 nitrogen and oxygen atoms in total. The maximum absolute atomic E-state index is 10.2. The SMILES string of the molecule is O=C/C=C1\CC2CCC1C2. The minimum absolute atomic E-state index is 0.787. The van der Waals surface area contributed by atoms with Crippen LogP contribution < -0.4 is 0 Å². The van der Waals surface area contributed by atoms with Crippen LogP contribution in [0.1, 0.15) is 25.7 Å². The summed E-state index contributed by atoms with van der Waals surface area (Å²) in [7, 11) is 0. The van der Waals surface area contributed by atoms with Crippen molar-refractivity contribution in [2.24, 2.45) is 11.8 Å². The van der Waals surface area contributed by atoms with Crippen LogP contribution in [0.5, 0.6) is 0 Å². The molecule has 2 aliphatic carbocycles. The molecule has 0 aliphatic heterocycles. The molecule has 2 saturated carbocycles. The first kappa shape index (κ1) is 6.14. The van der Waals surface area contributed by atoms with Crippen molar-refractivity contribution in [3.63, 3.8) is 0 Å². The standard InChI is InChI=1S/C9H12O/c10-4-3-9-6-7-1-2-8(9)5-7/h3-4,7-8H,1-2,5-6H2/b9-3+. The second kappa shape index (κ2) is 2.22. The summed E-state index contributed by atoms with van der Waals surface area (Å²) in [6.07, 6.45) is 8.04. The molecule has 1 heteroatoms. The average Bonchev–Trinajstić information content (AvgIpc) is 2.48. The summed E-state index contributed by atoms with van der Waals surface area (Å²) in [5.41, 5.74) is 1.42. The monoisotopic (exact) mass is 136 g/mol. The van der Waals surface area contributed by atoms with Crippen LogP contribution in [0, 0.1) is 11.8 Å². The van der Waals surface area contributed by atoms with Gasteiger partial charge in [-0.1, -0.05) is 5.57 Å². The first-order valence-corrected chi connectivity index (χ1v) is 4.04. The Hall–Kier alpha value is -0.590. The fraction of sp³-hybridized carbons (Fsp3) is 0.667. The molecular formula is C9H12O. The van der Waals surface area contributed by atoms with Gasteiger partial charge in [-0.05, 0) is 43.6 Å². The number of allylic oxidation sites excluding steroid dienone is 2. The van der Waals surface area contributed by atoms with Gasteiger partial charge in [0, 0.05) is 0 Å².